The van der Waals surface area contributed by atoms with Gasteiger partial charge in [-0.05, 0) is 0 Å². The number of anilines is 1. The van der Waals surface area contributed by atoms with Crippen LogP contribution in [0.5, 0.6) is 0 Å². The molecule has 0 bridgehead atoms. The van der Waals surface area contributed by atoms with Gasteiger partial charge in [0.25, 0.3) is 5.69 Å². The van der Waals surface area contributed by atoms with Crippen molar-refractivity contribution in [3.8, 4) is 0 Å². The highest BCUT2D eigenvalue weighted by Gasteiger charge is 2.30. The number of rotatable bonds is 6. The molecule has 0 heterocycles. The largest absolute Gasteiger partial charge is 0.365 e. The maximum Gasteiger partial charge on any atom is 0.306 e. The molecule has 12 heteroatoms. The normalized spacial score (nSPS) is 9.76. The zero-order chi connectivity index (χ0) is 16.2. The second-order valence-electron chi connectivity index (χ2n) is 3.66. The van der Waals surface area contributed by atoms with E-state index in [1.54, 1.807) is 0 Å². The fraction of sp³-hybridized carbons (Fsp3) is 0.222. The number of likely N-dealkylation sites (N-methyl/N-ethyl adjacent to an activating group) is 1. The lowest BCUT2D eigenvalue weighted by Crippen LogP contribution is -2.26. The molecule has 0 saturated heterocycles. The van der Waals surface area contributed by atoms with Crippen LogP contribution in [0.15, 0.2) is 12.1 Å². The minimum atomic E-state index is -1.01. The zero-order valence-electron chi connectivity index (χ0n) is 10.6. The van der Waals surface area contributed by atoms with Crippen LogP contribution in [0.1, 0.15) is 0 Å². The lowest BCUT2D eigenvalue weighted by molar-refractivity contribution is -0.401. The maximum absolute atomic E-state index is 11.1. The van der Waals surface area contributed by atoms with E-state index in [0.29, 0.717) is 12.1 Å². The van der Waals surface area contributed by atoms with E-state index < -0.39 is 50.0 Å². The van der Waals surface area contributed by atoms with Crippen molar-refractivity contribution in [1.82, 2.24) is 5.32 Å². The molecular weight excluding hydrogens is 290 g/mol. The summed E-state index contributed by atoms with van der Waals surface area (Å²) >= 11 is 0. The number of hydrogen-bond acceptors (Lipinski definition) is 8. The smallest absolute Gasteiger partial charge is 0.306 e. The van der Waals surface area contributed by atoms with Gasteiger partial charge < -0.3 is 10.6 Å². The Labute approximate surface area is 116 Å². The quantitative estimate of drug-likeness (QED) is 0.566. The van der Waals surface area contributed by atoms with E-state index in [9.17, 15) is 35.1 Å². The maximum atomic E-state index is 11.1. The fourth-order valence-corrected chi connectivity index (χ4v) is 1.43. The molecule has 0 saturated carbocycles. The molecule has 12 nitrogen and oxygen atoms in total. The number of nitro benzene ring substituents is 3. The number of benzene rings is 1. The molecule has 0 aromatic heterocycles. The minimum Gasteiger partial charge on any atom is -0.365 e. The minimum absolute atomic E-state index is 0.462. The molecule has 112 valence electrons. The van der Waals surface area contributed by atoms with Gasteiger partial charge in [-0.25, -0.2) is 0 Å². The van der Waals surface area contributed by atoms with E-state index in [4.69, 9.17) is 0 Å². The number of carbonyl (C=O) groups excluding carboxylic acids is 1. The van der Waals surface area contributed by atoms with Gasteiger partial charge in [-0.15, -0.1) is 0 Å². The molecule has 1 amide bonds. The van der Waals surface area contributed by atoms with Crippen LogP contribution in [-0.2, 0) is 4.79 Å². The molecule has 0 atom stereocenters. The van der Waals surface area contributed by atoms with Crippen LogP contribution >= 0.6 is 0 Å². The third-order valence-electron chi connectivity index (χ3n) is 2.39. The number of carbonyl (C=O) groups is 1. The summed E-state index contributed by atoms with van der Waals surface area (Å²) in [7, 11) is 1.31. The van der Waals surface area contributed by atoms with Crippen molar-refractivity contribution >= 4 is 28.7 Å². The predicted molar refractivity (Wildman–Crippen MR) is 69.0 cm³/mol. The van der Waals surface area contributed by atoms with Crippen molar-refractivity contribution in [2.45, 2.75) is 0 Å². The van der Waals surface area contributed by atoms with E-state index >= 15 is 0 Å². The summed E-state index contributed by atoms with van der Waals surface area (Å²) in [6.07, 6.45) is 0. The summed E-state index contributed by atoms with van der Waals surface area (Å²) < 4.78 is 0. The van der Waals surface area contributed by atoms with Crippen molar-refractivity contribution in [2.24, 2.45) is 0 Å². The Hall–Kier alpha value is -3.31. The first-order valence-electron chi connectivity index (χ1n) is 5.33. The van der Waals surface area contributed by atoms with Crippen LogP contribution in [0.4, 0.5) is 22.7 Å². The summed E-state index contributed by atoms with van der Waals surface area (Å²) in [6.45, 7) is -0.462. The van der Waals surface area contributed by atoms with Crippen LogP contribution in [0, 0.1) is 30.3 Å². The van der Waals surface area contributed by atoms with Crippen LogP contribution < -0.4 is 10.6 Å². The Morgan fingerprint density at radius 3 is 1.86 bits per heavy atom. The standard InChI is InChI=1S/C9H9N5O7/c1-10-8(15)4-11-9-6(13(18)19)2-5(12(16)17)3-7(9)14(20)21/h2-3,11H,4H2,1H3,(H,10,15). The number of amides is 1. The molecule has 1 aromatic carbocycles. The lowest BCUT2D eigenvalue weighted by atomic mass is 10.2. The monoisotopic (exact) mass is 299 g/mol. The lowest BCUT2D eigenvalue weighted by Gasteiger charge is -2.07. The second kappa shape index (κ2) is 6.23. The summed E-state index contributed by atoms with van der Waals surface area (Å²) in [5.41, 5.74) is -3.09. The number of hydrogen-bond donors (Lipinski definition) is 2. The van der Waals surface area contributed by atoms with E-state index in [1.807, 2.05) is 0 Å². The van der Waals surface area contributed by atoms with Gasteiger partial charge in [0.15, 0.2) is 5.69 Å². The Morgan fingerprint density at radius 2 is 1.52 bits per heavy atom. The van der Waals surface area contributed by atoms with Crippen LogP contribution in [-0.4, -0.2) is 34.3 Å². The van der Waals surface area contributed by atoms with Gasteiger partial charge >= 0.3 is 11.4 Å². The Kier molecular flexibility index (Phi) is 4.67. The molecule has 0 aliphatic carbocycles. The van der Waals surface area contributed by atoms with Crippen molar-refractivity contribution in [3.05, 3.63) is 42.5 Å². The van der Waals surface area contributed by atoms with Crippen molar-refractivity contribution in [2.75, 3.05) is 18.9 Å². The number of non-ortho nitro benzene ring substituents is 1. The molecule has 0 spiro atoms. The predicted octanol–water partition coefficient (Wildman–Crippen LogP) is 0.569. The molecule has 0 aliphatic rings. The molecule has 0 aliphatic heterocycles. The first-order valence-corrected chi connectivity index (χ1v) is 5.33. The third-order valence-corrected chi connectivity index (χ3v) is 2.39. The van der Waals surface area contributed by atoms with Crippen molar-refractivity contribution in [1.29, 1.82) is 0 Å². The molecule has 2 N–H and O–H groups in total. The Bertz CT molecular complexity index is 594. The van der Waals surface area contributed by atoms with Gasteiger partial charge in [0, 0.05) is 7.05 Å². The number of nitrogens with one attached hydrogen (secondary N) is 2. The summed E-state index contributed by atoms with van der Waals surface area (Å²) in [6, 6.07) is 1.17. The van der Waals surface area contributed by atoms with Gasteiger partial charge in [0.2, 0.25) is 5.91 Å². The first-order chi connectivity index (χ1) is 9.77. The van der Waals surface area contributed by atoms with Crippen molar-refractivity contribution in [3.63, 3.8) is 0 Å². The molecular formula is C9H9N5O7. The number of nitrogens with zero attached hydrogens (tertiary/aromatic N) is 3. The molecule has 1 aromatic rings. The van der Waals surface area contributed by atoms with Gasteiger partial charge in [-0.2, -0.15) is 0 Å². The fourth-order valence-electron chi connectivity index (χ4n) is 1.43. The summed E-state index contributed by atoms with van der Waals surface area (Å²) in [4.78, 5) is 40.6. The Balaban J connectivity index is 3.42. The van der Waals surface area contributed by atoms with E-state index in [0.717, 1.165) is 0 Å². The SMILES string of the molecule is CNC(=O)CNc1c([N+](=O)[O-])cc([N+](=O)[O-])cc1[N+](=O)[O-]. The second-order valence-corrected chi connectivity index (χ2v) is 3.66. The van der Waals surface area contributed by atoms with Gasteiger partial charge in [0.1, 0.15) is 0 Å². The zero-order valence-corrected chi connectivity index (χ0v) is 10.6. The Morgan fingerprint density at radius 1 is 1.05 bits per heavy atom. The van der Waals surface area contributed by atoms with Gasteiger partial charge in [-0.1, -0.05) is 0 Å². The van der Waals surface area contributed by atoms with E-state index in [1.165, 1.54) is 7.05 Å². The third kappa shape index (κ3) is 3.59. The average Bonchev–Trinajstić information content (AvgIpc) is 2.43. The topological polar surface area (TPSA) is 171 Å². The molecule has 21 heavy (non-hydrogen) atoms. The summed E-state index contributed by atoms with van der Waals surface area (Å²) in [5, 5.41) is 36.9. The average molecular weight is 299 g/mol. The highest BCUT2D eigenvalue weighted by atomic mass is 16.6. The van der Waals surface area contributed by atoms with Crippen LogP contribution in [0.3, 0.4) is 0 Å². The molecule has 0 fully saturated rings. The molecule has 0 radical (unpaired) electrons. The van der Waals surface area contributed by atoms with Crippen LogP contribution in [0.2, 0.25) is 0 Å². The van der Waals surface area contributed by atoms with E-state index in [2.05, 4.69) is 10.6 Å². The highest BCUT2D eigenvalue weighted by Crippen LogP contribution is 2.38. The van der Waals surface area contributed by atoms with Crippen molar-refractivity contribution < 1.29 is 19.6 Å². The van der Waals surface area contributed by atoms with Crippen LogP contribution in [0.25, 0.3) is 0 Å². The number of nitro groups is 3. The van der Waals surface area contributed by atoms with Gasteiger partial charge in [-0.3, -0.25) is 35.1 Å². The summed E-state index contributed by atoms with van der Waals surface area (Å²) in [5.74, 6) is -0.572. The molecule has 1 rings (SSSR count). The first kappa shape index (κ1) is 15.7. The van der Waals surface area contributed by atoms with E-state index in [-0.39, 0.29) is 0 Å². The molecule has 0 unspecified atom stereocenters. The highest BCUT2D eigenvalue weighted by molar-refractivity contribution is 5.84. The van der Waals surface area contributed by atoms with Gasteiger partial charge in [0.05, 0.1) is 33.4 Å².